The third-order valence-electron chi connectivity index (χ3n) is 3.55. The third-order valence-corrected chi connectivity index (χ3v) is 4.71. The van der Waals surface area contributed by atoms with Crippen molar-refractivity contribution in [1.29, 1.82) is 0 Å². The van der Waals surface area contributed by atoms with Gasteiger partial charge in [0.2, 0.25) is 10.0 Å². The molecule has 0 aliphatic heterocycles. The van der Waals surface area contributed by atoms with E-state index in [1.807, 2.05) is 13.0 Å². The summed E-state index contributed by atoms with van der Waals surface area (Å²) in [6, 6.07) is 13.5. The maximum absolute atomic E-state index is 12.5. The third kappa shape index (κ3) is 4.86. The molecule has 2 aromatic rings. The summed E-state index contributed by atoms with van der Waals surface area (Å²) in [6.45, 7) is 6.09. The van der Waals surface area contributed by atoms with Crippen molar-refractivity contribution in [2.24, 2.45) is 0 Å². The van der Waals surface area contributed by atoms with Gasteiger partial charge in [0.15, 0.2) is 0 Å². The number of rotatable bonds is 8. The monoisotopic (exact) mass is 374 g/mol. The van der Waals surface area contributed by atoms with Gasteiger partial charge < -0.3 is 10.1 Å². The van der Waals surface area contributed by atoms with Gasteiger partial charge in [-0.2, -0.15) is 0 Å². The molecule has 0 unspecified atom stereocenters. The lowest BCUT2D eigenvalue weighted by molar-refractivity contribution is 0.102. The molecule has 0 atom stereocenters. The highest BCUT2D eigenvalue weighted by molar-refractivity contribution is 7.92. The summed E-state index contributed by atoms with van der Waals surface area (Å²) in [7, 11) is -3.43. The fourth-order valence-electron chi connectivity index (χ4n) is 2.37. The van der Waals surface area contributed by atoms with Crippen molar-refractivity contribution < 1.29 is 17.9 Å². The van der Waals surface area contributed by atoms with Crippen LogP contribution in [0, 0.1) is 0 Å². The molecule has 138 valence electrons. The number of hydrogen-bond donors (Lipinski definition) is 1. The maximum Gasteiger partial charge on any atom is 0.255 e. The van der Waals surface area contributed by atoms with Gasteiger partial charge in [-0.15, -0.1) is 6.58 Å². The van der Waals surface area contributed by atoms with Gasteiger partial charge in [0.25, 0.3) is 5.91 Å². The van der Waals surface area contributed by atoms with E-state index in [4.69, 9.17) is 4.74 Å². The second-order valence-electron chi connectivity index (χ2n) is 5.51. The van der Waals surface area contributed by atoms with E-state index in [1.165, 1.54) is 10.4 Å². The fraction of sp³-hybridized carbons (Fsp3) is 0.211. The van der Waals surface area contributed by atoms with Gasteiger partial charge in [0.1, 0.15) is 5.75 Å². The molecule has 0 fully saturated rings. The van der Waals surface area contributed by atoms with Gasteiger partial charge in [-0.25, -0.2) is 8.42 Å². The summed E-state index contributed by atoms with van der Waals surface area (Å²) in [6.07, 6.45) is 2.63. The van der Waals surface area contributed by atoms with Crippen molar-refractivity contribution >= 4 is 27.3 Å². The number of amides is 1. The Morgan fingerprint density at radius 1 is 1.19 bits per heavy atom. The van der Waals surface area contributed by atoms with Crippen molar-refractivity contribution in [3.8, 4) is 5.75 Å². The number of benzene rings is 2. The van der Waals surface area contributed by atoms with E-state index in [9.17, 15) is 13.2 Å². The van der Waals surface area contributed by atoms with Crippen molar-refractivity contribution in [2.45, 2.75) is 6.92 Å². The Morgan fingerprint density at radius 2 is 1.85 bits per heavy atom. The zero-order chi connectivity index (χ0) is 19.2. The Labute approximate surface area is 154 Å². The van der Waals surface area contributed by atoms with Gasteiger partial charge in [-0.05, 0) is 43.3 Å². The second kappa shape index (κ2) is 8.53. The van der Waals surface area contributed by atoms with Gasteiger partial charge in [0, 0.05) is 5.56 Å². The van der Waals surface area contributed by atoms with Crippen LogP contribution in [0.5, 0.6) is 5.75 Å². The molecular weight excluding hydrogens is 352 g/mol. The van der Waals surface area contributed by atoms with E-state index in [0.717, 1.165) is 6.26 Å². The van der Waals surface area contributed by atoms with Crippen LogP contribution in [0.15, 0.2) is 61.2 Å². The first-order valence-corrected chi connectivity index (χ1v) is 9.93. The van der Waals surface area contributed by atoms with Crippen LogP contribution in [-0.2, 0) is 10.0 Å². The van der Waals surface area contributed by atoms with Crippen LogP contribution in [0.25, 0.3) is 0 Å². The number of hydrogen-bond acceptors (Lipinski definition) is 4. The predicted octanol–water partition coefficient (Wildman–Crippen LogP) is 3.29. The van der Waals surface area contributed by atoms with Crippen LogP contribution < -0.4 is 14.4 Å². The first kappa shape index (κ1) is 19.5. The van der Waals surface area contributed by atoms with Gasteiger partial charge in [-0.1, -0.05) is 18.2 Å². The molecule has 6 nitrogen and oxygen atoms in total. The summed E-state index contributed by atoms with van der Waals surface area (Å²) in [5.74, 6) is 0.285. The SMILES string of the molecule is C=CCN(c1ccc(C(=O)Nc2ccccc2OCC)cc1)S(C)(=O)=O. The molecule has 1 amide bonds. The number of nitrogens with zero attached hydrogens (tertiary/aromatic N) is 1. The topological polar surface area (TPSA) is 75.7 Å². The molecule has 7 heteroatoms. The molecule has 0 radical (unpaired) electrons. The van der Waals surface area contributed by atoms with Crippen LogP contribution in [0.1, 0.15) is 17.3 Å². The predicted molar refractivity (Wildman–Crippen MR) is 104 cm³/mol. The van der Waals surface area contributed by atoms with Crippen LogP contribution in [0.3, 0.4) is 0 Å². The molecule has 1 N–H and O–H groups in total. The average molecular weight is 374 g/mol. The Balaban J connectivity index is 2.20. The smallest absolute Gasteiger partial charge is 0.255 e. The van der Waals surface area contributed by atoms with Crippen LogP contribution in [0.2, 0.25) is 0 Å². The number of anilines is 2. The molecule has 0 spiro atoms. The lowest BCUT2D eigenvalue weighted by Gasteiger charge is -2.20. The van der Waals surface area contributed by atoms with Crippen molar-refractivity contribution in [2.75, 3.05) is 29.0 Å². The number of sulfonamides is 1. The van der Waals surface area contributed by atoms with Crippen molar-refractivity contribution in [3.05, 3.63) is 66.7 Å². The largest absolute Gasteiger partial charge is 0.492 e. The van der Waals surface area contributed by atoms with E-state index in [1.54, 1.807) is 42.5 Å². The molecular formula is C19H22N2O4S. The second-order valence-corrected chi connectivity index (χ2v) is 7.42. The molecule has 0 saturated heterocycles. The van der Waals surface area contributed by atoms with Gasteiger partial charge in [-0.3, -0.25) is 9.10 Å². The Kier molecular flexibility index (Phi) is 6.41. The van der Waals surface area contributed by atoms with Crippen molar-refractivity contribution in [3.63, 3.8) is 0 Å². The first-order valence-electron chi connectivity index (χ1n) is 8.08. The number of para-hydroxylation sites is 2. The molecule has 0 aromatic heterocycles. The van der Waals surface area contributed by atoms with Crippen LogP contribution >= 0.6 is 0 Å². The van der Waals surface area contributed by atoms with E-state index >= 15 is 0 Å². The molecule has 0 aliphatic rings. The molecule has 2 aromatic carbocycles. The molecule has 0 heterocycles. The molecule has 0 aliphatic carbocycles. The van der Waals surface area contributed by atoms with Gasteiger partial charge >= 0.3 is 0 Å². The van der Waals surface area contributed by atoms with Crippen LogP contribution in [-0.4, -0.2) is 33.7 Å². The van der Waals surface area contributed by atoms with Crippen LogP contribution in [0.4, 0.5) is 11.4 Å². The normalized spacial score (nSPS) is 10.8. The lowest BCUT2D eigenvalue weighted by atomic mass is 10.2. The summed E-state index contributed by atoms with van der Waals surface area (Å²) < 4.78 is 30.4. The Bertz CT molecular complexity index is 877. The summed E-state index contributed by atoms with van der Waals surface area (Å²) in [5, 5.41) is 2.80. The van der Waals surface area contributed by atoms with Crippen molar-refractivity contribution in [1.82, 2.24) is 0 Å². The average Bonchev–Trinajstić information content (AvgIpc) is 2.61. The van der Waals surface area contributed by atoms with E-state index in [0.29, 0.717) is 29.3 Å². The summed E-state index contributed by atoms with van der Waals surface area (Å²) >= 11 is 0. The standard InChI is InChI=1S/C19H22N2O4S/c1-4-14-21(26(3,23)24)16-12-10-15(11-13-16)19(22)20-17-8-6-7-9-18(17)25-5-2/h4,6-13H,1,5,14H2,2-3H3,(H,20,22). The lowest BCUT2D eigenvalue weighted by Crippen LogP contribution is -2.29. The fourth-order valence-corrected chi connectivity index (χ4v) is 3.26. The molecule has 0 saturated carbocycles. The van der Waals surface area contributed by atoms with E-state index in [-0.39, 0.29) is 12.5 Å². The minimum absolute atomic E-state index is 0.159. The zero-order valence-corrected chi connectivity index (χ0v) is 15.6. The molecule has 2 rings (SSSR count). The molecule has 26 heavy (non-hydrogen) atoms. The van der Waals surface area contributed by atoms with Gasteiger partial charge in [0.05, 0.1) is 30.8 Å². The first-order chi connectivity index (χ1) is 12.4. The number of carbonyl (C=O) groups is 1. The number of ether oxygens (including phenoxy) is 1. The summed E-state index contributed by atoms with van der Waals surface area (Å²) in [5.41, 5.74) is 1.46. The number of carbonyl (C=O) groups excluding carboxylic acids is 1. The highest BCUT2D eigenvalue weighted by Crippen LogP contribution is 2.25. The minimum Gasteiger partial charge on any atom is -0.492 e. The number of nitrogens with one attached hydrogen (secondary N) is 1. The minimum atomic E-state index is -3.43. The zero-order valence-electron chi connectivity index (χ0n) is 14.8. The maximum atomic E-state index is 12.5. The van der Waals surface area contributed by atoms with E-state index < -0.39 is 10.0 Å². The molecule has 0 bridgehead atoms. The Morgan fingerprint density at radius 3 is 2.42 bits per heavy atom. The van der Waals surface area contributed by atoms with E-state index in [2.05, 4.69) is 11.9 Å². The Hall–Kier alpha value is -2.80. The highest BCUT2D eigenvalue weighted by atomic mass is 32.2. The summed E-state index contributed by atoms with van der Waals surface area (Å²) in [4.78, 5) is 12.5. The highest BCUT2D eigenvalue weighted by Gasteiger charge is 2.16. The quantitative estimate of drug-likeness (QED) is 0.720.